The molecule has 0 unspecified atom stereocenters. The number of carbonyl (C=O) groups excluding carboxylic acids is 1. The van der Waals surface area contributed by atoms with Gasteiger partial charge in [0.1, 0.15) is 16.8 Å². The molecule has 1 amide bonds. The van der Waals surface area contributed by atoms with Crippen LogP contribution in [0.5, 0.6) is 0 Å². The van der Waals surface area contributed by atoms with Crippen molar-refractivity contribution >= 4 is 17.2 Å². The van der Waals surface area contributed by atoms with Crippen LogP contribution >= 0.6 is 11.3 Å². The fraction of sp³-hybridized carbons (Fsp3) is 0.273. The van der Waals surface area contributed by atoms with Crippen LogP contribution in [0, 0.1) is 6.92 Å². The van der Waals surface area contributed by atoms with E-state index in [1.807, 2.05) is 31.2 Å². The number of morpholine rings is 1. The van der Waals surface area contributed by atoms with Crippen LogP contribution in [0.1, 0.15) is 33.3 Å². The van der Waals surface area contributed by atoms with Crippen molar-refractivity contribution in [2.45, 2.75) is 19.2 Å². The van der Waals surface area contributed by atoms with Gasteiger partial charge in [-0.2, -0.15) is 13.2 Å². The number of nitrogens with zero attached hydrogens (tertiary/aromatic N) is 2. The van der Waals surface area contributed by atoms with Gasteiger partial charge < -0.3 is 9.64 Å². The predicted octanol–water partition coefficient (Wildman–Crippen LogP) is 5.35. The largest absolute Gasteiger partial charge is 0.416 e. The zero-order chi connectivity index (χ0) is 21.3. The van der Waals surface area contributed by atoms with Crippen molar-refractivity contribution in [2.24, 2.45) is 0 Å². The average molecular weight is 432 g/mol. The van der Waals surface area contributed by atoms with Gasteiger partial charge in [-0.05, 0) is 30.2 Å². The lowest BCUT2D eigenvalue weighted by molar-refractivity contribution is -0.137. The highest BCUT2D eigenvalue weighted by Gasteiger charge is 2.31. The summed E-state index contributed by atoms with van der Waals surface area (Å²) in [5, 5.41) is 1.98. The van der Waals surface area contributed by atoms with Gasteiger partial charge in [0.25, 0.3) is 5.91 Å². The van der Waals surface area contributed by atoms with Crippen LogP contribution < -0.4 is 0 Å². The molecule has 0 bridgehead atoms. The van der Waals surface area contributed by atoms with E-state index in [0.717, 1.165) is 34.6 Å². The van der Waals surface area contributed by atoms with Gasteiger partial charge >= 0.3 is 6.18 Å². The van der Waals surface area contributed by atoms with E-state index in [4.69, 9.17) is 4.74 Å². The number of aryl methyl sites for hydroxylation is 1. The number of benzene rings is 2. The Morgan fingerprint density at radius 1 is 1.20 bits per heavy atom. The third-order valence-corrected chi connectivity index (χ3v) is 5.94. The second-order valence-corrected chi connectivity index (χ2v) is 7.94. The van der Waals surface area contributed by atoms with Crippen LogP contribution in [0.2, 0.25) is 0 Å². The topological polar surface area (TPSA) is 42.4 Å². The van der Waals surface area contributed by atoms with Crippen LogP contribution in [0.25, 0.3) is 10.6 Å². The number of halogens is 3. The highest BCUT2D eigenvalue weighted by Crippen LogP contribution is 2.33. The first kappa shape index (κ1) is 20.6. The molecule has 1 saturated heterocycles. The van der Waals surface area contributed by atoms with E-state index in [0.29, 0.717) is 30.3 Å². The summed E-state index contributed by atoms with van der Waals surface area (Å²) >= 11 is 1.16. The van der Waals surface area contributed by atoms with Crippen LogP contribution in [-0.2, 0) is 10.9 Å². The lowest BCUT2D eigenvalue weighted by atomic mass is 10.0. The molecule has 30 heavy (non-hydrogen) atoms. The van der Waals surface area contributed by atoms with E-state index in [2.05, 4.69) is 4.98 Å². The van der Waals surface area contributed by atoms with Gasteiger partial charge in [0.2, 0.25) is 0 Å². The van der Waals surface area contributed by atoms with Crippen molar-refractivity contribution in [1.29, 1.82) is 0 Å². The standard InChI is InChI=1S/C22H19F3N2O2S/c1-14-5-2-3-8-17(14)19-12-27(9-10-29-19)21(28)18-13-30-20(26-18)15-6-4-7-16(11-15)22(23,24)25/h2-8,11,13,19H,9-10,12H2,1H3/t19-/m1/s1. The molecule has 4 nitrogen and oxygen atoms in total. The molecule has 0 N–H and O–H groups in total. The molecule has 1 aliphatic rings. The summed E-state index contributed by atoms with van der Waals surface area (Å²) in [6.07, 6.45) is -4.64. The molecule has 156 valence electrons. The number of aromatic nitrogens is 1. The monoisotopic (exact) mass is 432 g/mol. The third kappa shape index (κ3) is 4.24. The number of hydrogen-bond acceptors (Lipinski definition) is 4. The van der Waals surface area contributed by atoms with Crippen LogP contribution in [0.15, 0.2) is 53.9 Å². The Morgan fingerprint density at radius 2 is 2.00 bits per heavy atom. The van der Waals surface area contributed by atoms with E-state index in [1.165, 1.54) is 6.07 Å². The van der Waals surface area contributed by atoms with Gasteiger partial charge in [0.05, 0.1) is 18.7 Å². The summed E-state index contributed by atoms with van der Waals surface area (Å²) in [5.41, 5.74) is 1.97. The number of alkyl halides is 3. The molecule has 0 spiro atoms. The molecule has 1 fully saturated rings. The molecule has 0 aliphatic carbocycles. The minimum absolute atomic E-state index is 0.217. The molecule has 8 heteroatoms. The average Bonchev–Trinajstić information content (AvgIpc) is 3.23. The lowest BCUT2D eigenvalue weighted by Crippen LogP contribution is -2.42. The Hall–Kier alpha value is -2.71. The summed E-state index contributed by atoms with van der Waals surface area (Å²) in [6.45, 7) is 3.26. The molecule has 1 aliphatic heterocycles. The Labute approximate surface area is 175 Å². The Balaban J connectivity index is 1.52. The van der Waals surface area contributed by atoms with Crippen LogP contribution in [0.4, 0.5) is 13.2 Å². The second kappa shape index (κ2) is 8.20. The van der Waals surface area contributed by atoms with E-state index >= 15 is 0 Å². The Bertz CT molecular complexity index is 1060. The molecule has 2 heterocycles. The SMILES string of the molecule is Cc1ccccc1[C@H]1CN(C(=O)c2csc(-c3cccc(C(F)(F)F)c3)n2)CCO1. The van der Waals surface area contributed by atoms with Crippen LogP contribution in [0.3, 0.4) is 0 Å². The van der Waals surface area contributed by atoms with Crippen molar-refractivity contribution < 1.29 is 22.7 Å². The number of ether oxygens (including phenoxy) is 1. The molecule has 3 aromatic rings. The van der Waals surface area contributed by atoms with Gasteiger partial charge in [0.15, 0.2) is 0 Å². The summed E-state index contributed by atoms with van der Waals surface area (Å²) in [7, 11) is 0. The molecule has 0 saturated carbocycles. The first-order chi connectivity index (χ1) is 14.3. The minimum atomic E-state index is -4.43. The Morgan fingerprint density at radius 3 is 2.77 bits per heavy atom. The zero-order valence-electron chi connectivity index (χ0n) is 16.1. The third-order valence-electron chi connectivity index (χ3n) is 5.05. The number of carbonyl (C=O) groups is 1. The van der Waals surface area contributed by atoms with Gasteiger partial charge in [-0.1, -0.05) is 36.4 Å². The fourth-order valence-electron chi connectivity index (χ4n) is 3.47. The normalized spacial score (nSPS) is 17.2. The van der Waals surface area contributed by atoms with Crippen LogP contribution in [-0.4, -0.2) is 35.5 Å². The Kier molecular flexibility index (Phi) is 5.62. The quantitative estimate of drug-likeness (QED) is 0.560. The number of rotatable bonds is 3. The first-order valence-electron chi connectivity index (χ1n) is 9.42. The summed E-state index contributed by atoms with van der Waals surface area (Å²) in [5.74, 6) is -0.244. The fourth-order valence-corrected chi connectivity index (χ4v) is 4.26. The van der Waals surface area contributed by atoms with Crippen molar-refractivity contribution in [2.75, 3.05) is 19.7 Å². The van der Waals surface area contributed by atoms with E-state index < -0.39 is 11.7 Å². The molecular formula is C22H19F3N2O2S. The van der Waals surface area contributed by atoms with E-state index in [-0.39, 0.29) is 17.7 Å². The summed E-state index contributed by atoms with van der Waals surface area (Å²) in [4.78, 5) is 19.0. The number of thiazole rings is 1. The smallest absolute Gasteiger partial charge is 0.370 e. The molecule has 2 aromatic carbocycles. The van der Waals surface area contributed by atoms with Gasteiger partial charge in [-0.15, -0.1) is 11.3 Å². The summed E-state index contributed by atoms with van der Waals surface area (Å²) in [6, 6.07) is 12.9. The van der Waals surface area contributed by atoms with E-state index in [1.54, 1.807) is 16.3 Å². The van der Waals surface area contributed by atoms with Crippen molar-refractivity contribution in [3.63, 3.8) is 0 Å². The molecule has 1 aromatic heterocycles. The summed E-state index contributed by atoms with van der Waals surface area (Å²) < 4.78 is 44.8. The predicted molar refractivity (Wildman–Crippen MR) is 108 cm³/mol. The highest BCUT2D eigenvalue weighted by molar-refractivity contribution is 7.13. The van der Waals surface area contributed by atoms with Gasteiger partial charge in [-0.3, -0.25) is 4.79 Å². The molecule has 4 rings (SSSR count). The maximum atomic E-state index is 13.0. The minimum Gasteiger partial charge on any atom is -0.370 e. The zero-order valence-corrected chi connectivity index (χ0v) is 17.0. The first-order valence-corrected chi connectivity index (χ1v) is 10.3. The molecule has 1 atom stereocenters. The maximum Gasteiger partial charge on any atom is 0.416 e. The van der Waals surface area contributed by atoms with Crippen molar-refractivity contribution in [3.8, 4) is 10.6 Å². The lowest BCUT2D eigenvalue weighted by Gasteiger charge is -2.33. The molecular weight excluding hydrogens is 413 g/mol. The molecule has 0 radical (unpaired) electrons. The van der Waals surface area contributed by atoms with Crippen molar-refractivity contribution in [3.05, 3.63) is 76.3 Å². The van der Waals surface area contributed by atoms with Gasteiger partial charge in [-0.25, -0.2) is 4.98 Å². The number of amides is 1. The highest BCUT2D eigenvalue weighted by atomic mass is 32.1. The maximum absolute atomic E-state index is 13.0. The number of hydrogen-bond donors (Lipinski definition) is 0. The second-order valence-electron chi connectivity index (χ2n) is 7.08. The van der Waals surface area contributed by atoms with Gasteiger partial charge in [0, 0.05) is 17.5 Å². The van der Waals surface area contributed by atoms with Crippen molar-refractivity contribution in [1.82, 2.24) is 9.88 Å². The van der Waals surface area contributed by atoms with E-state index in [9.17, 15) is 18.0 Å².